The number of methoxy groups -OCH3 is 1. The molecule has 1 N–H and O–H groups in total. The number of hydrogen-bond acceptors (Lipinski definition) is 5. The van der Waals surface area contributed by atoms with E-state index in [9.17, 15) is 9.59 Å². The highest BCUT2D eigenvalue weighted by Gasteiger charge is 2.39. The van der Waals surface area contributed by atoms with Crippen molar-refractivity contribution in [1.29, 1.82) is 0 Å². The number of amides is 2. The van der Waals surface area contributed by atoms with Crippen LogP contribution in [0.1, 0.15) is 37.0 Å². The lowest BCUT2D eigenvalue weighted by Gasteiger charge is -2.15. The van der Waals surface area contributed by atoms with Crippen LogP contribution in [0.4, 0.5) is 5.69 Å². The molecule has 2 aromatic carbocycles. The summed E-state index contributed by atoms with van der Waals surface area (Å²) in [6.45, 7) is 9.60. The van der Waals surface area contributed by atoms with Crippen molar-refractivity contribution in [3.8, 4) is 5.75 Å². The van der Waals surface area contributed by atoms with Crippen molar-refractivity contribution in [3.63, 3.8) is 0 Å². The van der Waals surface area contributed by atoms with Gasteiger partial charge in [0.05, 0.1) is 12.2 Å². The summed E-state index contributed by atoms with van der Waals surface area (Å²) in [6.07, 6.45) is 0.583. The average molecular weight is 437 g/mol. The van der Waals surface area contributed by atoms with Gasteiger partial charge in [-0.3, -0.25) is 14.5 Å². The van der Waals surface area contributed by atoms with Gasteiger partial charge in [0.25, 0.3) is 11.8 Å². The van der Waals surface area contributed by atoms with Gasteiger partial charge in [-0.2, -0.15) is 0 Å². The van der Waals surface area contributed by atoms with E-state index in [0.717, 1.165) is 22.6 Å². The smallest absolute Gasteiger partial charge is 0.278 e. The molecule has 32 heavy (non-hydrogen) atoms. The van der Waals surface area contributed by atoms with Crippen LogP contribution in [0.25, 0.3) is 5.57 Å². The summed E-state index contributed by atoms with van der Waals surface area (Å²) in [4.78, 5) is 27.9. The molecule has 2 aromatic rings. The summed E-state index contributed by atoms with van der Waals surface area (Å²) in [7, 11) is 1.60. The normalized spacial score (nSPS) is 14.0. The standard InChI is InChI=1S/C26H32N2O4/c1-17(2)16-32-21-12-10-20(11-13-21)23-24(27-22-9-6-8-18(3)19(22)4)26(30)28(25(23)29)14-7-15-31-5/h6,8-13,17,27H,7,14-16H2,1-5H3. The first kappa shape index (κ1) is 23.5. The summed E-state index contributed by atoms with van der Waals surface area (Å²) >= 11 is 0. The Kier molecular flexibility index (Phi) is 7.70. The van der Waals surface area contributed by atoms with E-state index in [1.54, 1.807) is 7.11 Å². The van der Waals surface area contributed by atoms with E-state index in [1.165, 1.54) is 4.90 Å². The Morgan fingerprint density at radius 2 is 1.72 bits per heavy atom. The number of anilines is 1. The number of rotatable bonds is 10. The number of hydrogen-bond donors (Lipinski definition) is 1. The Bertz CT molecular complexity index is 1010. The van der Waals surface area contributed by atoms with Crippen LogP contribution in [0.5, 0.6) is 5.75 Å². The Balaban J connectivity index is 1.96. The summed E-state index contributed by atoms with van der Waals surface area (Å²) in [5, 5.41) is 3.26. The van der Waals surface area contributed by atoms with Crippen LogP contribution in [0.2, 0.25) is 0 Å². The first-order valence-electron chi connectivity index (χ1n) is 11.0. The van der Waals surface area contributed by atoms with E-state index in [0.29, 0.717) is 48.9 Å². The first-order chi connectivity index (χ1) is 15.3. The molecule has 0 atom stereocenters. The maximum atomic E-state index is 13.3. The first-order valence-corrected chi connectivity index (χ1v) is 11.0. The van der Waals surface area contributed by atoms with Crippen molar-refractivity contribution in [2.75, 3.05) is 32.2 Å². The number of aryl methyl sites for hydroxylation is 1. The van der Waals surface area contributed by atoms with Gasteiger partial charge in [-0.1, -0.05) is 38.1 Å². The van der Waals surface area contributed by atoms with Crippen LogP contribution in [0, 0.1) is 19.8 Å². The van der Waals surface area contributed by atoms with Gasteiger partial charge >= 0.3 is 0 Å². The number of ether oxygens (including phenoxy) is 2. The molecule has 1 heterocycles. The molecular formula is C26H32N2O4. The van der Waals surface area contributed by atoms with Crippen LogP contribution >= 0.6 is 0 Å². The summed E-state index contributed by atoms with van der Waals surface area (Å²) in [5.74, 6) is 0.540. The zero-order valence-electron chi connectivity index (χ0n) is 19.5. The van der Waals surface area contributed by atoms with Crippen LogP contribution < -0.4 is 10.1 Å². The number of carbonyl (C=O) groups excluding carboxylic acids is 2. The van der Waals surface area contributed by atoms with Gasteiger partial charge in [0, 0.05) is 25.9 Å². The minimum atomic E-state index is -0.317. The molecule has 0 saturated heterocycles. The molecule has 6 nitrogen and oxygen atoms in total. The third-order valence-corrected chi connectivity index (χ3v) is 5.49. The predicted molar refractivity (Wildman–Crippen MR) is 126 cm³/mol. The lowest BCUT2D eigenvalue weighted by Crippen LogP contribution is -2.34. The van der Waals surface area contributed by atoms with Crippen LogP contribution in [0.3, 0.4) is 0 Å². The maximum absolute atomic E-state index is 13.3. The predicted octanol–water partition coefficient (Wildman–Crippen LogP) is 4.57. The van der Waals surface area contributed by atoms with Crippen molar-refractivity contribution in [2.45, 2.75) is 34.1 Å². The molecule has 170 valence electrons. The highest BCUT2D eigenvalue weighted by atomic mass is 16.5. The summed E-state index contributed by atoms with van der Waals surface area (Å²) < 4.78 is 10.9. The average Bonchev–Trinajstić information content (AvgIpc) is 3.00. The third kappa shape index (κ3) is 5.19. The molecule has 0 spiro atoms. The number of nitrogens with zero attached hydrogens (tertiary/aromatic N) is 1. The van der Waals surface area contributed by atoms with E-state index >= 15 is 0 Å². The Morgan fingerprint density at radius 3 is 2.38 bits per heavy atom. The van der Waals surface area contributed by atoms with Crippen molar-refractivity contribution < 1.29 is 19.1 Å². The Hall–Kier alpha value is -3.12. The monoisotopic (exact) mass is 436 g/mol. The number of imide groups is 1. The number of nitrogens with one attached hydrogen (secondary N) is 1. The van der Waals surface area contributed by atoms with E-state index in [2.05, 4.69) is 19.2 Å². The maximum Gasteiger partial charge on any atom is 0.278 e. The summed E-state index contributed by atoms with van der Waals surface area (Å²) in [5.41, 5.74) is 4.32. The zero-order chi connectivity index (χ0) is 23.3. The molecular weight excluding hydrogens is 404 g/mol. The van der Waals surface area contributed by atoms with Gasteiger partial charge in [-0.25, -0.2) is 0 Å². The topological polar surface area (TPSA) is 67.9 Å². The molecule has 0 fully saturated rings. The third-order valence-electron chi connectivity index (χ3n) is 5.49. The Morgan fingerprint density at radius 1 is 1.00 bits per heavy atom. The van der Waals surface area contributed by atoms with Crippen molar-refractivity contribution in [3.05, 3.63) is 64.9 Å². The molecule has 0 aliphatic carbocycles. The summed E-state index contributed by atoms with van der Waals surface area (Å²) in [6, 6.07) is 13.2. The fourth-order valence-corrected chi connectivity index (χ4v) is 3.53. The van der Waals surface area contributed by atoms with Gasteiger partial charge in [-0.15, -0.1) is 0 Å². The second-order valence-corrected chi connectivity index (χ2v) is 8.46. The van der Waals surface area contributed by atoms with Gasteiger partial charge in [0.15, 0.2) is 0 Å². The van der Waals surface area contributed by atoms with Gasteiger partial charge in [-0.05, 0) is 61.1 Å². The van der Waals surface area contributed by atoms with Gasteiger partial charge < -0.3 is 14.8 Å². The van der Waals surface area contributed by atoms with Crippen molar-refractivity contribution in [2.24, 2.45) is 5.92 Å². The SMILES string of the molecule is COCCCN1C(=O)C(Nc2cccc(C)c2C)=C(c2ccc(OCC(C)C)cc2)C1=O. The molecule has 6 heteroatoms. The van der Waals surface area contributed by atoms with Gasteiger partial charge in [0.2, 0.25) is 0 Å². The second-order valence-electron chi connectivity index (χ2n) is 8.46. The molecule has 0 unspecified atom stereocenters. The van der Waals surface area contributed by atoms with Crippen molar-refractivity contribution >= 4 is 23.1 Å². The lowest BCUT2D eigenvalue weighted by molar-refractivity contribution is -0.136. The minimum absolute atomic E-state index is 0.297. The fourth-order valence-electron chi connectivity index (χ4n) is 3.53. The quantitative estimate of drug-likeness (QED) is 0.437. The molecule has 0 aromatic heterocycles. The lowest BCUT2D eigenvalue weighted by atomic mass is 10.0. The molecule has 0 saturated carbocycles. The molecule has 1 aliphatic heterocycles. The zero-order valence-corrected chi connectivity index (χ0v) is 19.5. The minimum Gasteiger partial charge on any atom is -0.493 e. The second kappa shape index (κ2) is 10.5. The molecule has 2 amide bonds. The molecule has 0 radical (unpaired) electrons. The van der Waals surface area contributed by atoms with Crippen LogP contribution in [0.15, 0.2) is 48.2 Å². The molecule has 1 aliphatic rings. The van der Waals surface area contributed by atoms with E-state index in [-0.39, 0.29) is 11.8 Å². The Labute approximate surface area is 190 Å². The largest absolute Gasteiger partial charge is 0.493 e. The highest BCUT2D eigenvalue weighted by Crippen LogP contribution is 2.32. The van der Waals surface area contributed by atoms with Gasteiger partial charge in [0.1, 0.15) is 11.4 Å². The fraction of sp³-hybridized carbons (Fsp3) is 0.385. The number of carbonyl (C=O) groups is 2. The van der Waals surface area contributed by atoms with Crippen molar-refractivity contribution in [1.82, 2.24) is 4.90 Å². The van der Waals surface area contributed by atoms with Crippen LogP contribution in [-0.4, -0.2) is 43.6 Å². The molecule has 3 rings (SSSR count). The molecule has 0 bridgehead atoms. The van der Waals surface area contributed by atoms with Crippen LogP contribution in [-0.2, 0) is 14.3 Å². The van der Waals surface area contributed by atoms with E-state index < -0.39 is 0 Å². The number of benzene rings is 2. The highest BCUT2D eigenvalue weighted by molar-refractivity contribution is 6.36. The van der Waals surface area contributed by atoms with E-state index in [1.807, 2.05) is 56.3 Å². The van der Waals surface area contributed by atoms with E-state index in [4.69, 9.17) is 9.47 Å².